The maximum absolute atomic E-state index is 11.3. The summed E-state index contributed by atoms with van der Waals surface area (Å²) in [6.45, 7) is 0.370. The van der Waals surface area contributed by atoms with Crippen LogP contribution in [0.25, 0.3) is 6.08 Å². The lowest BCUT2D eigenvalue weighted by atomic mass is 10.1. The molecule has 130 valence electrons. The second-order valence-corrected chi connectivity index (χ2v) is 4.95. The topological polar surface area (TPSA) is 104 Å². The van der Waals surface area contributed by atoms with Crippen LogP contribution in [0.4, 0.5) is 11.4 Å². The van der Waals surface area contributed by atoms with Crippen LogP contribution in [0.5, 0.6) is 5.88 Å². The Morgan fingerprint density at radius 3 is 2.72 bits per heavy atom. The first-order valence-corrected chi connectivity index (χ1v) is 7.30. The summed E-state index contributed by atoms with van der Waals surface area (Å²) in [5.74, 6) is -0.0339. The van der Waals surface area contributed by atoms with E-state index in [0.717, 1.165) is 5.56 Å². The van der Waals surface area contributed by atoms with Gasteiger partial charge in [0.1, 0.15) is 5.69 Å². The van der Waals surface area contributed by atoms with Gasteiger partial charge < -0.3 is 14.8 Å². The van der Waals surface area contributed by atoms with E-state index in [1.54, 1.807) is 24.4 Å². The molecule has 0 bridgehead atoms. The van der Waals surface area contributed by atoms with Crippen LogP contribution in [0.3, 0.4) is 0 Å². The Morgan fingerprint density at radius 2 is 2.12 bits per heavy atom. The van der Waals surface area contributed by atoms with Crippen molar-refractivity contribution in [2.24, 2.45) is 0 Å². The number of pyridine rings is 1. The number of nitrogens with one attached hydrogen (secondary N) is 1. The number of nitro groups is 1. The van der Waals surface area contributed by atoms with Crippen molar-refractivity contribution in [3.63, 3.8) is 0 Å². The van der Waals surface area contributed by atoms with Gasteiger partial charge in [0.25, 0.3) is 5.69 Å². The SMILES string of the molecule is COC(=O)/C=C/c1ccc(NCc2ccc(OC)nc2)c([N+](=O)[O-])c1. The molecular formula is C17H17N3O5. The summed E-state index contributed by atoms with van der Waals surface area (Å²) in [5, 5.41) is 14.3. The lowest BCUT2D eigenvalue weighted by Gasteiger charge is -2.08. The summed E-state index contributed by atoms with van der Waals surface area (Å²) in [5.41, 5.74) is 1.66. The number of nitrogens with zero attached hydrogens (tertiary/aromatic N) is 2. The summed E-state index contributed by atoms with van der Waals surface area (Å²) < 4.78 is 9.47. The molecule has 8 nitrogen and oxygen atoms in total. The molecule has 0 aliphatic carbocycles. The van der Waals surface area contributed by atoms with Gasteiger partial charge in [-0.2, -0.15) is 0 Å². The molecule has 1 N–H and O–H groups in total. The van der Waals surface area contributed by atoms with Gasteiger partial charge in [-0.25, -0.2) is 9.78 Å². The average molecular weight is 343 g/mol. The Bertz CT molecular complexity index is 787. The summed E-state index contributed by atoms with van der Waals surface area (Å²) >= 11 is 0. The minimum atomic E-state index is -0.531. The molecule has 0 atom stereocenters. The van der Waals surface area contributed by atoms with Crippen LogP contribution in [0.1, 0.15) is 11.1 Å². The molecule has 8 heteroatoms. The van der Waals surface area contributed by atoms with Crippen LogP contribution in [0.2, 0.25) is 0 Å². The van der Waals surface area contributed by atoms with E-state index in [4.69, 9.17) is 4.74 Å². The van der Waals surface area contributed by atoms with E-state index < -0.39 is 10.9 Å². The molecule has 0 aliphatic rings. The third-order valence-electron chi connectivity index (χ3n) is 3.32. The minimum Gasteiger partial charge on any atom is -0.481 e. The number of aromatic nitrogens is 1. The van der Waals surface area contributed by atoms with Crippen molar-refractivity contribution in [1.82, 2.24) is 4.98 Å². The van der Waals surface area contributed by atoms with Gasteiger partial charge in [-0.05, 0) is 23.3 Å². The van der Waals surface area contributed by atoms with Gasteiger partial charge in [0.15, 0.2) is 0 Å². The fourth-order valence-corrected chi connectivity index (χ4v) is 2.02. The molecular weight excluding hydrogens is 326 g/mol. The van der Waals surface area contributed by atoms with Crippen molar-refractivity contribution < 1.29 is 19.2 Å². The number of hydrogen-bond donors (Lipinski definition) is 1. The summed E-state index contributed by atoms with van der Waals surface area (Å²) in [6, 6.07) is 8.17. The van der Waals surface area contributed by atoms with Crippen LogP contribution in [0.15, 0.2) is 42.6 Å². The Kier molecular flexibility index (Phi) is 6.05. The number of anilines is 1. The van der Waals surface area contributed by atoms with Crippen molar-refractivity contribution in [2.45, 2.75) is 6.54 Å². The number of methoxy groups -OCH3 is 2. The molecule has 1 aromatic heterocycles. The maximum atomic E-state index is 11.3. The third kappa shape index (κ3) is 5.03. The van der Waals surface area contributed by atoms with Crippen LogP contribution in [0, 0.1) is 10.1 Å². The van der Waals surface area contributed by atoms with Crippen molar-refractivity contribution in [3.8, 4) is 5.88 Å². The predicted octanol–water partition coefficient (Wildman–Crippen LogP) is 2.80. The van der Waals surface area contributed by atoms with E-state index >= 15 is 0 Å². The van der Waals surface area contributed by atoms with Gasteiger partial charge in [0.05, 0.1) is 19.1 Å². The zero-order valence-electron chi connectivity index (χ0n) is 13.8. The van der Waals surface area contributed by atoms with Gasteiger partial charge >= 0.3 is 5.97 Å². The van der Waals surface area contributed by atoms with Crippen LogP contribution >= 0.6 is 0 Å². The highest BCUT2D eigenvalue weighted by molar-refractivity contribution is 5.87. The number of carbonyl (C=O) groups is 1. The second kappa shape index (κ2) is 8.44. The standard InChI is InChI=1S/C17H17N3O5/c1-24-16-7-4-13(11-19-16)10-18-14-6-3-12(5-8-17(21)25-2)9-15(14)20(22)23/h3-9,11,18H,10H2,1-2H3/b8-5+. The van der Waals surface area contributed by atoms with E-state index in [1.807, 2.05) is 6.07 Å². The predicted molar refractivity (Wildman–Crippen MR) is 92.3 cm³/mol. The molecule has 2 rings (SSSR count). The molecule has 1 heterocycles. The largest absolute Gasteiger partial charge is 0.481 e. The van der Waals surface area contributed by atoms with Crippen LogP contribution < -0.4 is 10.1 Å². The number of ether oxygens (including phenoxy) is 2. The molecule has 0 saturated heterocycles. The number of hydrogen-bond acceptors (Lipinski definition) is 7. The third-order valence-corrected chi connectivity index (χ3v) is 3.32. The maximum Gasteiger partial charge on any atom is 0.330 e. The lowest BCUT2D eigenvalue weighted by molar-refractivity contribution is -0.384. The van der Waals surface area contributed by atoms with Gasteiger partial charge in [0, 0.05) is 31.0 Å². The summed E-state index contributed by atoms with van der Waals surface area (Å²) in [7, 11) is 2.79. The quantitative estimate of drug-likeness (QED) is 0.357. The number of rotatable bonds is 7. The van der Waals surface area contributed by atoms with E-state index in [0.29, 0.717) is 23.7 Å². The zero-order valence-corrected chi connectivity index (χ0v) is 13.8. The van der Waals surface area contributed by atoms with Crippen molar-refractivity contribution in [1.29, 1.82) is 0 Å². The minimum absolute atomic E-state index is 0.0894. The Morgan fingerprint density at radius 1 is 1.32 bits per heavy atom. The average Bonchev–Trinajstić information content (AvgIpc) is 2.64. The number of benzene rings is 1. The van der Waals surface area contributed by atoms with Gasteiger partial charge in [-0.15, -0.1) is 0 Å². The molecule has 0 amide bonds. The molecule has 1 aromatic carbocycles. The first kappa shape index (κ1) is 17.9. The molecule has 25 heavy (non-hydrogen) atoms. The van der Waals surface area contributed by atoms with Gasteiger partial charge in [-0.3, -0.25) is 10.1 Å². The first-order chi connectivity index (χ1) is 12.0. The molecule has 0 unspecified atom stereocenters. The summed E-state index contributed by atoms with van der Waals surface area (Å²) in [6.07, 6.45) is 4.29. The fraction of sp³-hybridized carbons (Fsp3) is 0.176. The highest BCUT2D eigenvalue weighted by Gasteiger charge is 2.14. The molecule has 0 radical (unpaired) electrons. The highest BCUT2D eigenvalue weighted by atomic mass is 16.6. The number of esters is 1. The van der Waals surface area contributed by atoms with Crippen molar-refractivity contribution in [2.75, 3.05) is 19.5 Å². The zero-order chi connectivity index (χ0) is 18.2. The Hall–Kier alpha value is -3.42. The second-order valence-electron chi connectivity index (χ2n) is 4.95. The number of nitro benzene ring substituents is 1. The van der Waals surface area contributed by atoms with Gasteiger partial charge in [0.2, 0.25) is 5.88 Å². The lowest BCUT2D eigenvalue weighted by Crippen LogP contribution is -2.03. The summed E-state index contributed by atoms with van der Waals surface area (Å²) in [4.78, 5) is 26.0. The first-order valence-electron chi connectivity index (χ1n) is 7.30. The highest BCUT2D eigenvalue weighted by Crippen LogP contribution is 2.26. The molecule has 2 aromatic rings. The van der Waals surface area contributed by atoms with Crippen LogP contribution in [-0.4, -0.2) is 30.1 Å². The monoisotopic (exact) mass is 343 g/mol. The normalized spacial score (nSPS) is 10.5. The van der Waals surface area contributed by atoms with E-state index in [9.17, 15) is 14.9 Å². The van der Waals surface area contributed by atoms with Crippen molar-refractivity contribution >= 4 is 23.4 Å². The fourth-order valence-electron chi connectivity index (χ4n) is 2.02. The van der Waals surface area contributed by atoms with E-state index in [1.165, 1.54) is 32.4 Å². The molecule has 0 saturated carbocycles. The molecule has 0 aliphatic heterocycles. The molecule has 0 spiro atoms. The van der Waals surface area contributed by atoms with Gasteiger partial charge in [-0.1, -0.05) is 12.1 Å². The Balaban J connectivity index is 2.14. The molecule has 0 fully saturated rings. The van der Waals surface area contributed by atoms with E-state index in [2.05, 4.69) is 15.0 Å². The Labute approximate surface area is 144 Å². The number of carbonyl (C=O) groups excluding carboxylic acids is 1. The smallest absolute Gasteiger partial charge is 0.330 e. The van der Waals surface area contributed by atoms with Crippen molar-refractivity contribution in [3.05, 3.63) is 63.8 Å². The van der Waals surface area contributed by atoms with Crippen LogP contribution in [-0.2, 0) is 16.1 Å². The van der Waals surface area contributed by atoms with E-state index in [-0.39, 0.29) is 5.69 Å².